The fourth-order valence-corrected chi connectivity index (χ4v) is 1.57. The predicted octanol–water partition coefficient (Wildman–Crippen LogP) is 2.34. The van der Waals surface area contributed by atoms with Gasteiger partial charge in [0.1, 0.15) is 5.82 Å². The molecule has 22 heavy (non-hydrogen) atoms. The average Bonchev–Trinajstić information content (AvgIpc) is 2.46. The lowest BCUT2D eigenvalue weighted by molar-refractivity contribution is -0.0526. The normalized spacial score (nSPS) is 11.7. The summed E-state index contributed by atoms with van der Waals surface area (Å²) in [5.41, 5.74) is 2.08. The van der Waals surface area contributed by atoms with Crippen LogP contribution in [-0.4, -0.2) is 33.1 Å². The molecule has 2 rings (SSSR count). The van der Waals surface area contributed by atoms with Gasteiger partial charge in [-0.3, -0.25) is 4.18 Å². The van der Waals surface area contributed by atoms with Crippen LogP contribution in [0, 0.1) is 0 Å². The minimum atomic E-state index is -5.34. The van der Waals surface area contributed by atoms with Crippen LogP contribution in [0.5, 0.6) is 0 Å². The van der Waals surface area contributed by atoms with E-state index in [9.17, 15) is 21.6 Å². The van der Waals surface area contributed by atoms with Crippen molar-refractivity contribution in [2.45, 2.75) is 5.51 Å². The highest BCUT2D eigenvalue weighted by molar-refractivity contribution is 7.87. The lowest BCUT2D eigenvalue weighted by Crippen LogP contribution is -2.23. The van der Waals surface area contributed by atoms with Gasteiger partial charge in [0.2, 0.25) is 0 Å². The van der Waals surface area contributed by atoms with E-state index in [1.165, 1.54) is 0 Å². The summed E-state index contributed by atoms with van der Waals surface area (Å²) in [5, 5.41) is 4.06. The third-order valence-electron chi connectivity index (χ3n) is 2.47. The molecule has 0 aliphatic heterocycles. The van der Waals surface area contributed by atoms with Gasteiger partial charge in [0.15, 0.2) is 0 Å². The second kappa shape index (κ2) is 6.79. The summed E-state index contributed by atoms with van der Waals surface area (Å²) in [6.07, 6.45) is 0. The van der Waals surface area contributed by atoms with Crippen LogP contribution in [-0.2, 0) is 14.3 Å². The number of nitrogens with zero attached hydrogens (tertiary/aromatic N) is 1. The highest BCUT2D eigenvalue weighted by atomic mass is 32.2. The molecule has 0 bridgehead atoms. The Hall–Kier alpha value is -2.07. The van der Waals surface area contributed by atoms with Crippen molar-refractivity contribution in [2.75, 3.05) is 25.2 Å². The van der Waals surface area contributed by atoms with E-state index in [0.717, 1.165) is 22.4 Å². The molecular formula is C12H14F3N3O3S. The minimum absolute atomic E-state index is 0.447. The molecule has 0 aliphatic rings. The van der Waals surface area contributed by atoms with E-state index < -0.39 is 15.6 Å². The molecule has 6 nitrogen and oxygen atoms in total. The SMILES string of the molecule is CNc1ccc2cc(N)ccc2n1.COS(=O)(=O)C(F)(F)F. The van der Waals surface area contributed by atoms with Gasteiger partial charge in [-0.1, -0.05) is 0 Å². The van der Waals surface area contributed by atoms with Crippen LogP contribution in [0.4, 0.5) is 24.7 Å². The van der Waals surface area contributed by atoms with Gasteiger partial charge in [-0.05, 0) is 30.3 Å². The molecule has 0 amide bonds. The van der Waals surface area contributed by atoms with Crippen LogP contribution in [0.15, 0.2) is 30.3 Å². The first-order valence-corrected chi connectivity index (χ1v) is 7.22. The number of nitrogens with one attached hydrogen (secondary N) is 1. The summed E-state index contributed by atoms with van der Waals surface area (Å²) in [5.74, 6) is 0.872. The number of halogens is 3. The molecule has 1 heterocycles. The summed E-state index contributed by atoms with van der Waals surface area (Å²) in [6, 6.07) is 9.63. The second-order valence-electron chi connectivity index (χ2n) is 3.97. The van der Waals surface area contributed by atoms with Crippen LogP contribution < -0.4 is 11.1 Å². The molecule has 0 saturated heterocycles. The Morgan fingerprint density at radius 3 is 2.32 bits per heavy atom. The Bertz CT molecular complexity index is 748. The van der Waals surface area contributed by atoms with Gasteiger partial charge in [0, 0.05) is 18.1 Å². The molecule has 1 aromatic heterocycles. The van der Waals surface area contributed by atoms with Gasteiger partial charge in [-0.2, -0.15) is 21.6 Å². The maximum Gasteiger partial charge on any atom is 0.523 e. The van der Waals surface area contributed by atoms with Crippen molar-refractivity contribution in [2.24, 2.45) is 0 Å². The Morgan fingerprint density at radius 1 is 1.23 bits per heavy atom. The van der Waals surface area contributed by atoms with Crippen LogP contribution >= 0.6 is 0 Å². The van der Waals surface area contributed by atoms with Crippen LogP contribution in [0.25, 0.3) is 10.9 Å². The molecule has 0 fully saturated rings. The summed E-state index contributed by atoms with van der Waals surface area (Å²) in [6.45, 7) is 0. The number of rotatable bonds is 2. The quantitative estimate of drug-likeness (QED) is 0.496. The smallest absolute Gasteiger partial charge is 0.399 e. The molecular weight excluding hydrogens is 323 g/mol. The van der Waals surface area contributed by atoms with Crippen LogP contribution in [0.1, 0.15) is 0 Å². The van der Waals surface area contributed by atoms with E-state index in [1.807, 2.05) is 37.4 Å². The average molecular weight is 337 g/mol. The van der Waals surface area contributed by atoms with Crippen molar-refractivity contribution in [1.29, 1.82) is 0 Å². The van der Waals surface area contributed by atoms with Crippen molar-refractivity contribution in [3.8, 4) is 0 Å². The fourth-order valence-electron chi connectivity index (χ4n) is 1.38. The molecule has 0 unspecified atom stereocenters. The Kier molecular flexibility index (Phi) is 5.55. The topological polar surface area (TPSA) is 94.3 Å². The number of hydrogen-bond donors (Lipinski definition) is 2. The molecule has 0 aliphatic carbocycles. The Morgan fingerprint density at radius 2 is 1.86 bits per heavy atom. The summed E-state index contributed by atoms with van der Waals surface area (Å²) >= 11 is 0. The van der Waals surface area contributed by atoms with Crippen molar-refractivity contribution >= 4 is 32.5 Å². The number of fused-ring (bicyclic) bond motifs is 1. The van der Waals surface area contributed by atoms with E-state index in [0.29, 0.717) is 7.11 Å². The summed E-state index contributed by atoms with van der Waals surface area (Å²) in [4.78, 5) is 4.37. The number of aromatic nitrogens is 1. The van der Waals surface area contributed by atoms with Crippen molar-refractivity contribution in [3.05, 3.63) is 30.3 Å². The monoisotopic (exact) mass is 337 g/mol. The molecule has 0 spiro atoms. The van der Waals surface area contributed by atoms with Gasteiger partial charge < -0.3 is 11.1 Å². The largest absolute Gasteiger partial charge is 0.523 e. The number of hydrogen-bond acceptors (Lipinski definition) is 6. The zero-order valence-electron chi connectivity index (χ0n) is 11.7. The van der Waals surface area contributed by atoms with Crippen LogP contribution in [0.2, 0.25) is 0 Å². The number of anilines is 2. The second-order valence-corrected chi connectivity index (χ2v) is 5.67. The van der Waals surface area contributed by atoms with Crippen molar-refractivity contribution < 1.29 is 25.8 Å². The highest BCUT2D eigenvalue weighted by Gasteiger charge is 2.46. The maximum atomic E-state index is 11.1. The van der Waals surface area contributed by atoms with E-state index in [-0.39, 0.29) is 0 Å². The lowest BCUT2D eigenvalue weighted by Gasteiger charge is -2.02. The fraction of sp³-hybridized carbons (Fsp3) is 0.250. The molecule has 2 aromatic rings. The van der Waals surface area contributed by atoms with Gasteiger partial charge in [0.05, 0.1) is 12.6 Å². The van der Waals surface area contributed by atoms with Gasteiger partial charge >= 0.3 is 15.6 Å². The highest BCUT2D eigenvalue weighted by Crippen LogP contribution is 2.23. The first kappa shape index (κ1) is 18.0. The first-order chi connectivity index (χ1) is 10.1. The number of pyridine rings is 1. The first-order valence-electron chi connectivity index (χ1n) is 5.81. The maximum absolute atomic E-state index is 11.1. The van der Waals surface area contributed by atoms with Gasteiger partial charge in [-0.15, -0.1) is 0 Å². The van der Waals surface area contributed by atoms with Crippen LogP contribution in [0.3, 0.4) is 0 Å². The Balaban J connectivity index is 0.000000239. The number of nitrogen functional groups attached to an aromatic ring is 1. The molecule has 3 N–H and O–H groups in total. The van der Waals surface area contributed by atoms with Gasteiger partial charge in [-0.25, -0.2) is 4.98 Å². The van der Waals surface area contributed by atoms with E-state index in [2.05, 4.69) is 14.5 Å². The molecule has 0 saturated carbocycles. The predicted molar refractivity (Wildman–Crippen MR) is 77.7 cm³/mol. The van der Waals surface area contributed by atoms with Gasteiger partial charge in [0.25, 0.3) is 0 Å². The third-order valence-corrected chi connectivity index (χ3v) is 3.48. The third kappa shape index (κ3) is 4.46. The standard InChI is InChI=1S/C10H11N3.C2H3F3O3S/c1-12-10-5-2-7-6-8(11)3-4-9(7)13-10;1-8-9(6,7)2(3,4)5/h2-6H,11H2,1H3,(H,12,13);1H3. The molecule has 0 atom stereocenters. The summed E-state index contributed by atoms with van der Waals surface area (Å²) in [7, 11) is -3.04. The Labute approximate surface area is 125 Å². The lowest BCUT2D eigenvalue weighted by atomic mass is 10.2. The number of benzene rings is 1. The molecule has 1 aromatic carbocycles. The zero-order chi connectivity index (χ0) is 17.0. The zero-order valence-corrected chi connectivity index (χ0v) is 12.5. The number of nitrogens with two attached hydrogens (primary N) is 1. The molecule has 122 valence electrons. The van der Waals surface area contributed by atoms with E-state index in [1.54, 1.807) is 0 Å². The molecule has 10 heteroatoms. The van der Waals surface area contributed by atoms with E-state index in [4.69, 9.17) is 5.73 Å². The number of alkyl halides is 3. The van der Waals surface area contributed by atoms with Crippen molar-refractivity contribution in [1.82, 2.24) is 4.98 Å². The molecule has 0 radical (unpaired) electrons. The summed E-state index contributed by atoms with van der Waals surface area (Å²) < 4.78 is 55.9. The van der Waals surface area contributed by atoms with E-state index >= 15 is 0 Å². The van der Waals surface area contributed by atoms with Crippen molar-refractivity contribution in [3.63, 3.8) is 0 Å². The minimum Gasteiger partial charge on any atom is -0.399 e.